The summed E-state index contributed by atoms with van der Waals surface area (Å²) in [6, 6.07) is 12.8. The van der Waals surface area contributed by atoms with E-state index in [-0.39, 0.29) is 24.3 Å². The summed E-state index contributed by atoms with van der Waals surface area (Å²) in [6.07, 6.45) is 3.16. The van der Waals surface area contributed by atoms with Crippen LogP contribution in [0.5, 0.6) is 17.2 Å². The molecule has 0 saturated carbocycles. The highest BCUT2D eigenvalue weighted by Gasteiger charge is 2.35. The minimum absolute atomic E-state index is 0.0201. The highest BCUT2D eigenvalue weighted by molar-refractivity contribution is 6.00. The molecule has 0 spiro atoms. The minimum atomic E-state index is -0.461. The molecule has 10 heteroatoms. The molecular formula is C24H24N4O6. The van der Waals surface area contributed by atoms with E-state index in [0.29, 0.717) is 35.2 Å². The van der Waals surface area contributed by atoms with E-state index >= 15 is 0 Å². The standard InChI is InChI=1S/C24H24N4O6/c1-31-18-11-15(12-19(32-2)22(18)33-3)9-10-20(29)25-24-27-26-23(34-24)16-13-21(30)28(14-16)17-7-5-4-6-8-17/h4-12,16H,13-14H2,1-3H3,(H,25,27,29)/b10-9+. The number of benzene rings is 2. The average molecular weight is 464 g/mol. The van der Waals surface area contributed by atoms with Crippen LogP contribution in [-0.2, 0) is 9.59 Å². The zero-order valence-corrected chi connectivity index (χ0v) is 19.0. The smallest absolute Gasteiger partial charge is 0.322 e. The maximum atomic E-state index is 12.4. The molecule has 2 aromatic carbocycles. The summed E-state index contributed by atoms with van der Waals surface area (Å²) in [5, 5.41) is 10.4. The predicted octanol–water partition coefficient (Wildman–Crippen LogP) is 3.27. The van der Waals surface area contributed by atoms with Gasteiger partial charge in [-0.05, 0) is 35.9 Å². The molecule has 1 N–H and O–H groups in total. The van der Waals surface area contributed by atoms with Gasteiger partial charge in [-0.3, -0.25) is 14.9 Å². The zero-order chi connectivity index (χ0) is 24.1. The van der Waals surface area contributed by atoms with Crippen LogP contribution >= 0.6 is 0 Å². The van der Waals surface area contributed by atoms with Crippen molar-refractivity contribution in [1.82, 2.24) is 10.2 Å². The van der Waals surface area contributed by atoms with Crippen LogP contribution in [0.3, 0.4) is 0 Å². The van der Waals surface area contributed by atoms with Crippen molar-refractivity contribution in [2.24, 2.45) is 0 Å². The molecule has 2 amide bonds. The van der Waals surface area contributed by atoms with E-state index in [1.165, 1.54) is 27.4 Å². The lowest BCUT2D eigenvalue weighted by Gasteiger charge is -2.15. The first kappa shape index (κ1) is 22.8. The van der Waals surface area contributed by atoms with Crippen molar-refractivity contribution >= 4 is 29.6 Å². The van der Waals surface area contributed by atoms with Gasteiger partial charge in [0.1, 0.15) is 0 Å². The highest BCUT2D eigenvalue weighted by Crippen LogP contribution is 2.38. The Balaban J connectivity index is 1.40. The number of anilines is 2. The summed E-state index contributed by atoms with van der Waals surface area (Å²) >= 11 is 0. The van der Waals surface area contributed by atoms with Crippen LogP contribution in [0.4, 0.5) is 11.7 Å². The molecule has 176 valence electrons. The number of nitrogens with zero attached hydrogens (tertiary/aromatic N) is 3. The number of ether oxygens (including phenoxy) is 3. The van der Waals surface area contributed by atoms with Gasteiger partial charge in [0.2, 0.25) is 17.5 Å². The van der Waals surface area contributed by atoms with Gasteiger partial charge in [0.05, 0.1) is 27.2 Å². The quantitative estimate of drug-likeness (QED) is 0.505. The number of nitrogens with one attached hydrogen (secondary N) is 1. The van der Waals surface area contributed by atoms with Crippen LogP contribution in [0, 0.1) is 0 Å². The van der Waals surface area contributed by atoms with E-state index in [2.05, 4.69) is 15.5 Å². The Bertz CT molecular complexity index is 1180. The molecule has 1 saturated heterocycles. The minimum Gasteiger partial charge on any atom is -0.493 e. The van der Waals surface area contributed by atoms with E-state index < -0.39 is 5.91 Å². The third-order valence-corrected chi connectivity index (χ3v) is 5.33. The second kappa shape index (κ2) is 10.1. The summed E-state index contributed by atoms with van der Waals surface area (Å²) < 4.78 is 21.5. The van der Waals surface area contributed by atoms with Gasteiger partial charge in [0.15, 0.2) is 11.5 Å². The summed E-state index contributed by atoms with van der Waals surface area (Å²) in [5.74, 6) is 0.973. The van der Waals surface area contributed by atoms with E-state index in [0.717, 1.165) is 5.69 Å². The second-order valence-corrected chi connectivity index (χ2v) is 7.47. The molecule has 0 bridgehead atoms. The number of carbonyl (C=O) groups is 2. The van der Waals surface area contributed by atoms with Gasteiger partial charge in [0.25, 0.3) is 5.91 Å². The Morgan fingerprint density at radius 2 is 1.79 bits per heavy atom. The second-order valence-electron chi connectivity index (χ2n) is 7.47. The van der Waals surface area contributed by atoms with Gasteiger partial charge in [-0.1, -0.05) is 23.3 Å². The van der Waals surface area contributed by atoms with E-state index in [1.807, 2.05) is 30.3 Å². The molecule has 1 unspecified atom stereocenters. The number of para-hydroxylation sites is 1. The van der Waals surface area contributed by atoms with Crippen LogP contribution in [0.2, 0.25) is 0 Å². The first-order valence-corrected chi connectivity index (χ1v) is 10.5. The Morgan fingerprint density at radius 1 is 1.09 bits per heavy atom. The largest absolute Gasteiger partial charge is 0.493 e. The zero-order valence-electron chi connectivity index (χ0n) is 19.0. The van der Waals surface area contributed by atoms with Crippen molar-refractivity contribution in [3.63, 3.8) is 0 Å². The number of hydrogen-bond donors (Lipinski definition) is 1. The van der Waals surface area contributed by atoms with Crippen LogP contribution in [0.15, 0.2) is 53.0 Å². The molecule has 1 aromatic heterocycles. The number of rotatable bonds is 8. The third kappa shape index (κ3) is 4.85. The van der Waals surface area contributed by atoms with E-state index in [4.69, 9.17) is 18.6 Å². The summed E-state index contributed by atoms with van der Waals surface area (Å²) in [7, 11) is 4.55. The predicted molar refractivity (Wildman–Crippen MR) is 124 cm³/mol. The Labute approximate surface area is 196 Å². The van der Waals surface area contributed by atoms with E-state index in [1.54, 1.807) is 23.1 Å². The number of carbonyl (C=O) groups excluding carboxylic acids is 2. The molecular weight excluding hydrogens is 440 g/mol. The fraction of sp³-hybridized carbons (Fsp3) is 0.250. The molecule has 1 fully saturated rings. The molecule has 1 atom stereocenters. The number of aromatic nitrogens is 2. The molecule has 0 radical (unpaired) electrons. The van der Waals surface area contributed by atoms with Crippen molar-refractivity contribution in [2.45, 2.75) is 12.3 Å². The summed E-state index contributed by atoms with van der Waals surface area (Å²) in [6.45, 7) is 0.430. The number of hydrogen-bond acceptors (Lipinski definition) is 8. The fourth-order valence-electron chi connectivity index (χ4n) is 3.70. The fourth-order valence-corrected chi connectivity index (χ4v) is 3.70. The first-order valence-electron chi connectivity index (χ1n) is 10.5. The van der Waals surface area contributed by atoms with Crippen molar-refractivity contribution in [1.29, 1.82) is 0 Å². The van der Waals surface area contributed by atoms with Crippen molar-refractivity contribution < 1.29 is 28.2 Å². The molecule has 34 heavy (non-hydrogen) atoms. The molecule has 4 rings (SSSR count). The van der Waals surface area contributed by atoms with Gasteiger partial charge < -0.3 is 23.5 Å². The van der Waals surface area contributed by atoms with Crippen molar-refractivity contribution in [3.8, 4) is 17.2 Å². The van der Waals surface area contributed by atoms with Crippen LogP contribution in [0.25, 0.3) is 6.08 Å². The number of amides is 2. The third-order valence-electron chi connectivity index (χ3n) is 5.33. The SMILES string of the molecule is COc1cc(/C=C/C(=O)Nc2nnc(C3CC(=O)N(c4ccccc4)C3)o2)cc(OC)c1OC. The van der Waals surface area contributed by atoms with E-state index in [9.17, 15) is 9.59 Å². The Hall–Kier alpha value is -4.34. The Kier molecular flexibility index (Phi) is 6.77. The molecule has 1 aliphatic heterocycles. The van der Waals surface area contributed by atoms with Crippen molar-refractivity contribution in [2.75, 3.05) is 38.1 Å². The highest BCUT2D eigenvalue weighted by atomic mass is 16.5. The summed E-state index contributed by atoms with van der Waals surface area (Å²) in [4.78, 5) is 26.5. The van der Waals surface area contributed by atoms with Crippen LogP contribution < -0.4 is 24.4 Å². The monoisotopic (exact) mass is 464 g/mol. The normalized spacial score (nSPS) is 15.6. The van der Waals surface area contributed by atoms with Gasteiger partial charge in [-0.2, -0.15) is 0 Å². The van der Waals surface area contributed by atoms with Gasteiger partial charge in [-0.25, -0.2) is 0 Å². The number of methoxy groups -OCH3 is 3. The van der Waals surface area contributed by atoms with Crippen LogP contribution in [0.1, 0.15) is 23.8 Å². The Morgan fingerprint density at radius 3 is 2.44 bits per heavy atom. The first-order chi connectivity index (χ1) is 16.5. The van der Waals surface area contributed by atoms with Gasteiger partial charge in [-0.15, -0.1) is 5.10 Å². The molecule has 10 nitrogen and oxygen atoms in total. The molecule has 0 aliphatic carbocycles. The lowest BCUT2D eigenvalue weighted by molar-refractivity contribution is -0.117. The maximum Gasteiger partial charge on any atom is 0.322 e. The van der Waals surface area contributed by atoms with Crippen molar-refractivity contribution in [3.05, 3.63) is 60.0 Å². The lowest BCUT2D eigenvalue weighted by atomic mass is 10.1. The van der Waals surface area contributed by atoms with Gasteiger partial charge >= 0.3 is 6.01 Å². The molecule has 2 heterocycles. The maximum absolute atomic E-state index is 12.4. The van der Waals surface area contributed by atoms with Crippen LogP contribution in [-0.4, -0.2) is 49.9 Å². The molecule has 1 aliphatic rings. The lowest BCUT2D eigenvalue weighted by Crippen LogP contribution is -2.24. The molecule has 3 aromatic rings. The van der Waals surface area contributed by atoms with Gasteiger partial charge in [0, 0.05) is 24.7 Å². The topological polar surface area (TPSA) is 116 Å². The average Bonchev–Trinajstić information content (AvgIpc) is 3.48. The summed E-state index contributed by atoms with van der Waals surface area (Å²) in [5.41, 5.74) is 1.49.